The van der Waals surface area contributed by atoms with Gasteiger partial charge in [0.15, 0.2) is 12.2 Å². The average Bonchev–Trinajstić information content (AvgIpc) is 3.60. The molecule has 1 aromatic carbocycles. The van der Waals surface area contributed by atoms with Gasteiger partial charge >= 0.3 is 5.97 Å². The maximum absolute atomic E-state index is 13.2. The number of hydrogen-bond donors (Lipinski definition) is 0. The summed E-state index contributed by atoms with van der Waals surface area (Å²) in [6.45, 7) is 4.28. The minimum Gasteiger partial charge on any atom is -0.462 e. The number of hydrogen-bond acceptors (Lipinski definition) is 8. The predicted molar refractivity (Wildman–Crippen MR) is 130 cm³/mol. The Balaban J connectivity index is 1.55. The standard InChI is InChI=1S/C26H28N4O6/c1-2-34-26(32)20-14-29(24-12-21(22-13-27-17-36-22)28-30(24)25(20)31)15-23(19-6-4-3-5-7-19)35-16-18-8-10-33-11-9-18/h3-7,12-14,17-18,23H,2,8-11,15-16H2,1H3. The molecule has 0 aliphatic carbocycles. The van der Waals surface area contributed by atoms with Gasteiger partial charge < -0.3 is 23.2 Å². The maximum atomic E-state index is 13.2. The largest absolute Gasteiger partial charge is 0.462 e. The summed E-state index contributed by atoms with van der Waals surface area (Å²) in [5.41, 5.74) is 1.25. The first-order chi connectivity index (χ1) is 17.6. The first kappa shape index (κ1) is 24.0. The summed E-state index contributed by atoms with van der Waals surface area (Å²) in [6, 6.07) is 11.6. The molecule has 36 heavy (non-hydrogen) atoms. The summed E-state index contributed by atoms with van der Waals surface area (Å²) < 4.78 is 25.5. The molecule has 1 saturated heterocycles. The van der Waals surface area contributed by atoms with E-state index in [0.29, 0.717) is 36.2 Å². The third-order valence-corrected chi connectivity index (χ3v) is 6.28. The second kappa shape index (κ2) is 10.9. The maximum Gasteiger partial charge on any atom is 0.345 e. The van der Waals surface area contributed by atoms with E-state index < -0.39 is 11.5 Å². The molecule has 0 bridgehead atoms. The fraction of sp³-hybridized carbons (Fsp3) is 0.385. The molecule has 4 heterocycles. The van der Waals surface area contributed by atoms with Gasteiger partial charge in [-0.1, -0.05) is 30.3 Å². The van der Waals surface area contributed by atoms with Gasteiger partial charge in [-0.05, 0) is 31.2 Å². The summed E-state index contributed by atoms with van der Waals surface area (Å²) in [7, 11) is 0. The highest BCUT2D eigenvalue weighted by molar-refractivity contribution is 5.89. The van der Waals surface area contributed by atoms with Crippen molar-refractivity contribution >= 4 is 11.6 Å². The number of rotatable bonds is 9. The fourth-order valence-corrected chi connectivity index (χ4v) is 4.34. The Kier molecular flexibility index (Phi) is 7.24. The van der Waals surface area contributed by atoms with Crippen molar-refractivity contribution in [2.24, 2.45) is 5.92 Å². The Morgan fingerprint density at radius 2 is 2.03 bits per heavy atom. The lowest BCUT2D eigenvalue weighted by Gasteiger charge is -2.26. The second-order valence-electron chi connectivity index (χ2n) is 8.67. The molecule has 10 heteroatoms. The molecular weight excluding hydrogens is 464 g/mol. The number of nitrogens with zero attached hydrogens (tertiary/aromatic N) is 4. The van der Waals surface area contributed by atoms with Crippen LogP contribution in [0, 0.1) is 5.92 Å². The molecule has 0 radical (unpaired) electrons. The molecule has 4 aromatic rings. The van der Waals surface area contributed by atoms with Crippen LogP contribution in [0.1, 0.15) is 41.8 Å². The van der Waals surface area contributed by atoms with E-state index in [2.05, 4.69) is 10.1 Å². The average molecular weight is 493 g/mol. The monoisotopic (exact) mass is 492 g/mol. The minimum atomic E-state index is -0.700. The van der Waals surface area contributed by atoms with E-state index in [1.807, 2.05) is 34.9 Å². The lowest BCUT2D eigenvalue weighted by atomic mass is 10.0. The van der Waals surface area contributed by atoms with Crippen molar-refractivity contribution in [2.45, 2.75) is 32.4 Å². The highest BCUT2D eigenvalue weighted by atomic mass is 16.5. The second-order valence-corrected chi connectivity index (χ2v) is 8.67. The van der Waals surface area contributed by atoms with Crippen molar-refractivity contribution in [1.82, 2.24) is 19.2 Å². The molecular formula is C26H28N4O6. The van der Waals surface area contributed by atoms with Crippen molar-refractivity contribution in [2.75, 3.05) is 26.4 Å². The Morgan fingerprint density at radius 1 is 1.22 bits per heavy atom. The van der Waals surface area contributed by atoms with Crippen LogP contribution in [-0.2, 0) is 20.8 Å². The van der Waals surface area contributed by atoms with Gasteiger partial charge in [0.05, 0.1) is 26.0 Å². The number of esters is 1. The SMILES string of the molecule is CCOC(=O)c1cn(CC(OCC2CCOCC2)c2ccccc2)c2cc(-c3cnco3)nn2c1=O. The molecule has 10 nitrogen and oxygen atoms in total. The number of ether oxygens (including phenoxy) is 3. The summed E-state index contributed by atoms with van der Waals surface area (Å²) in [4.78, 5) is 29.7. The lowest BCUT2D eigenvalue weighted by Crippen LogP contribution is -2.28. The van der Waals surface area contributed by atoms with E-state index in [4.69, 9.17) is 18.6 Å². The minimum absolute atomic E-state index is 0.104. The molecule has 1 atom stereocenters. The number of benzene rings is 1. The van der Waals surface area contributed by atoms with Gasteiger partial charge in [-0.3, -0.25) is 4.79 Å². The normalized spacial score (nSPS) is 15.2. The summed E-state index contributed by atoms with van der Waals surface area (Å²) in [5, 5.41) is 4.41. The summed E-state index contributed by atoms with van der Waals surface area (Å²) >= 11 is 0. The van der Waals surface area contributed by atoms with Gasteiger partial charge in [0.25, 0.3) is 5.56 Å². The zero-order valence-electron chi connectivity index (χ0n) is 20.0. The Labute approximate surface area is 207 Å². The summed E-state index contributed by atoms with van der Waals surface area (Å²) in [5.74, 6) is 0.133. The van der Waals surface area contributed by atoms with Crippen molar-refractivity contribution in [3.8, 4) is 11.5 Å². The third-order valence-electron chi connectivity index (χ3n) is 6.28. The number of fused-ring (bicyclic) bond motifs is 1. The first-order valence-corrected chi connectivity index (χ1v) is 12.1. The van der Waals surface area contributed by atoms with E-state index in [1.54, 1.807) is 13.0 Å². The van der Waals surface area contributed by atoms with Gasteiger partial charge in [0.1, 0.15) is 23.0 Å². The number of carbonyl (C=O) groups is 1. The van der Waals surface area contributed by atoms with Crippen LogP contribution in [-0.4, -0.2) is 51.6 Å². The van der Waals surface area contributed by atoms with Crippen molar-refractivity contribution in [1.29, 1.82) is 0 Å². The Bertz CT molecular complexity index is 1360. The van der Waals surface area contributed by atoms with E-state index >= 15 is 0 Å². The van der Waals surface area contributed by atoms with Crippen molar-refractivity contribution in [3.05, 3.63) is 76.7 Å². The highest BCUT2D eigenvalue weighted by Gasteiger charge is 2.23. The molecule has 0 N–H and O–H groups in total. The fourth-order valence-electron chi connectivity index (χ4n) is 4.34. The molecule has 0 amide bonds. The molecule has 3 aromatic heterocycles. The highest BCUT2D eigenvalue weighted by Crippen LogP contribution is 2.25. The quantitative estimate of drug-likeness (QED) is 0.327. The molecule has 1 aliphatic heterocycles. The lowest BCUT2D eigenvalue weighted by molar-refractivity contribution is -0.0174. The van der Waals surface area contributed by atoms with Crippen LogP contribution < -0.4 is 5.56 Å². The van der Waals surface area contributed by atoms with Crippen LogP contribution in [0.5, 0.6) is 0 Å². The van der Waals surface area contributed by atoms with E-state index in [1.165, 1.54) is 23.3 Å². The van der Waals surface area contributed by atoms with Crippen LogP contribution in [0.4, 0.5) is 0 Å². The van der Waals surface area contributed by atoms with Gasteiger partial charge in [-0.2, -0.15) is 9.61 Å². The van der Waals surface area contributed by atoms with Gasteiger partial charge in [-0.15, -0.1) is 0 Å². The topological polar surface area (TPSA) is 110 Å². The molecule has 1 fully saturated rings. The number of oxazole rings is 1. The smallest absolute Gasteiger partial charge is 0.345 e. The third kappa shape index (κ3) is 5.09. The van der Waals surface area contributed by atoms with Crippen molar-refractivity contribution in [3.63, 3.8) is 0 Å². The molecule has 1 unspecified atom stereocenters. The molecule has 188 valence electrons. The Morgan fingerprint density at radius 3 is 2.75 bits per heavy atom. The zero-order chi connectivity index (χ0) is 24.9. The van der Waals surface area contributed by atoms with E-state index in [-0.39, 0.29) is 18.3 Å². The summed E-state index contributed by atoms with van der Waals surface area (Å²) in [6.07, 6.45) is 5.94. The van der Waals surface area contributed by atoms with Gasteiger partial charge in [0, 0.05) is 25.5 Å². The molecule has 0 spiro atoms. The molecule has 5 rings (SSSR count). The molecule has 0 saturated carbocycles. The van der Waals surface area contributed by atoms with E-state index in [9.17, 15) is 9.59 Å². The molecule has 1 aliphatic rings. The first-order valence-electron chi connectivity index (χ1n) is 12.1. The predicted octanol–water partition coefficient (Wildman–Crippen LogP) is 3.51. The zero-order valence-corrected chi connectivity index (χ0v) is 20.0. The number of carbonyl (C=O) groups excluding carboxylic acids is 1. The van der Waals surface area contributed by atoms with Crippen LogP contribution in [0.2, 0.25) is 0 Å². The van der Waals surface area contributed by atoms with Crippen LogP contribution >= 0.6 is 0 Å². The van der Waals surface area contributed by atoms with Gasteiger partial charge in [-0.25, -0.2) is 9.78 Å². The van der Waals surface area contributed by atoms with Gasteiger partial charge in [0.2, 0.25) is 0 Å². The van der Waals surface area contributed by atoms with Crippen LogP contribution in [0.25, 0.3) is 17.1 Å². The van der Waals surface area contributed by atoms with Crippen LogP contribution in [0.15, 0.2) is 64.4 Å². The van der Waals surface area contributed by atoms with E-state index in [0.717, 1.165) is 31.6 Å². The number of aromatic nitrogens is 4. The van der Waals surface area contributed by atoms with Crippen molar-refractivity contribution < 1.29 is 23.4 Å². The van der Waals surface area contributed by atoms with Crippen LogP contribution in [0.3, 0.4) is 0 Å². The Hall–Kier alpha value is -3.76.